The lowest BCUT2D eigenvalue weighted by Gasteiger charge is -2.42. The zero-order valence-electron chi connectivity index (χ0n) is 35.0. The van der Waals surface area contributed by atoms with Crippen LogP contribution < -0.4 is 0 Å². The molecule has 0 spiro atoms. The second-order valence-corrected chi connectivity index (χ2v) is 17.9. The quantitative estimate of drug-likeness (QED) is 0.169. The molecule has 4 nitrogen and oxygen atoms in total. The van der Waals surface area contributed by atoms with E-state index in [4.69, 9.17) is 15.0 Å². The molecule has 2 aromatic heterocycles. The van der Waals surface area contributed by atoms with E-state index in [9.17, 15) is 0 Å². The van der Waals surface area contributed by atoms with Crippen LogP contribution in [0.3, 0.4) is 0 Å². The van der Waals surface area contributed by atoms with Gasteiger partial charge in [-0.3, -0.25) is 0 Å². The lowest BCUT2D eigenvalue weighted by molar-refractivity contribution is 0.332. The Morgan fingerprint density at radius 3 is 1.48 bits per heavy atom. The minimum atomic E-state index is 0.0820. The molecule has 0 fully saturated rings. The van der Waals surface area contributed by atoms with Crippen LogP contribution in [0.1, 0.15) is 51.7 Å². The van der Waals surface area contributed by atoms with Crippen LogP contribution in [0.4, 0.5) is 0 Å². The monoisotopic (exact) mass is 786 g/mol. The average molecular weight is 787 g/mol. The van der Waals surface area contributed by atoms with Crippen molar-refractivity contribution in [2.24, 2.45) is 0 Å². The highest BCUT2D eigenvalue weighted by Gasteiger charge is 2.38. The van der Waals surface area contributed by atoms with Gasteiger partial charge in [0.1, 0.15) is 0 Å². The van der Waals surface area contributed by atoms with Gasteiger partial charge in [-0.25, -0.2) is 15.0 Å². The van der Waals surface area contributed by atoms with Crippen molar-refractivity contribution in [3.05, 3.63) is 193 Å². The molecule has 4 heteroatoms. The highest BCUT2D eigenvalue weighted by molar-refractivity contribution is 6.19. The summed E-state index contributed by atoms with van der Waals surface area (Å²) in [5, 5.41) is 5.06. The van der Waals surface area contributed by atoms with Gasteiger partial charge in [0.15, 0.2) is 17.5 Å². The fourth-order valence-corrected chi connectivity index (χ4v) is 9.71. The number of rotatable bonds is 6. The molecule has 0 N–H and O–H groups in total. The van der Waals surface area contributed by atoms with Gasteiger partial charge in [0.05, 0.1) is 11.0 Å². The van der Waals surface area contributed by atoms with E-state index in [-0.39, 0.29) is 10.8 Å². The fourth-order valence-electron chi connectivity index (χ4n) is 9.71. The molecule has 294 valence electrons. The molecule has 2 heterocycles. The topological polar surface area (TPSA) is 43.6 Å². The van der Waals surface area contributed by atoms with Crippen LogP contribution >= 0.6 is 0 Å². The Morgan fingerprint density at radius 2 is 0.885 bits per heavy atom. The third kappa shape index (κ3) is 6.25. The number of hydrogen-bond donors (Lipinski definition) is 0. The van der Waals surface area contributed by atoms with Crippen LogP contribution in [-0.4, -0.2) is 19.5 Å². The normalized spacial score (nSPS) is 14.4. The molecular weight excluding hydrogens is 741 g/mol. The van der Waals surface area contributed by atoms with E-state index in [0.717, 1.165) is 51.1 Å². The molecule has 0 unspecified atom stereocenters. The molecule has 1 aliphatic rings. The van der Waals surface area contributed by atoms with Crippen molar-refractivity contribution >= 4 is 32.6 Å². The maximum atomic E-state index is 5.27. The Balaban J connectivity index is 1.12. The molecule has 0 aliphatic heterocycles. The van der Waals surface area contributed by atoms with Crippen molar-refractivity contribution in [3.8, 4) is 62.1 Å². The molecule has 0 bridgehead atoms. The lowest BCUT2D eigenvalue weighted by atomic mass is 9.63. The average Bonchev–Trinajstić information content (AvgIpc) is 3.65. The second kappa shape index (κ2) is 14.2. The Kier molecular flexibility index (Phi) is 8.61. The Morgan fingerprint density at radius 1 is 0.393 bits per heavy atom. The van der Waals surface area contributed by atoms with Gasteiger partial charge in [-0.15, -0.1) is 0 Å². The Hall–Kier alpha value is -7.17. The minimum Gasteiger partial charge on any atom is -0.309 e. The molecule has 0 amide bonds. The molecule has 61 heavy (non-hydrogen) atoms. The first-order valence-electron chi connectivity index (χ1n) is 21.4. The highest BCUT2D eigenvalue weighted by Crippen LogP contribution is 2.49. The molecule has 8 aromatic carbocycles. The smallest absolute Gasteiger partial charge is 0.164 e. The summed E-state index contributed by atoms with van der Waals surface area (Å²) in [6.07, 6.45) is 2.34. The molecule has 0 saturated heterocycles. The van der Waals surface area contributed by atoms with E-state index in [0.29, 0.717) is 17.5 Å². The third-order valence-electron chi connectivity index (χ3n) is 13.1. The van der Waals surface area contributed by atoms with Crippen molar-refractivity contribution in [3.63, 3.8) is 0 Å². The number of hydrogen-bond acceptors (Lipinski definition) is 3. The summed E-state index contributed by atoms with van der Waals surface area (Å²) < 4.78 is 2.49. The van der Waals surface area contributed by atoms with E-state index < -0.39 is 0 Å². The Bertz CT molecular complexity index is 3180. The summed E-state index contributed by atoms with van der Waals surface area (Å²) in [5.41, 5.74) is 13.9. The number of aromatic nitrogens is 4. The van der Waals surface area contributed by atoms with E-state index in [1.54, 1.807) is 0 Å². The maximum Gasteiger partial charge on any atom is 0.164 e. The SMILES string of the molecule is CC1(C)CCC(C)(C)c2cc3c(cc21)c1ccc2ccccc2c1n3-c1ccc(-c2nc(-c3ccccc3-c3ccccc3)nc(-c3ccccc3-c3ccccc3)n2)cc1. The number of benzene rings is 8. The van der Waals surface area contributed by atoms with Gasteiger partial charge in [0, 0.05) is 38.5 Å². The zero-order valence-corrected chi connectivity index (χ0v) is 35.0. The van der Waals surface area contributed by atoms with E-state index in [2.05, 4.69) is 202 Å². The highest BCUT2D eigenvalue weighted by atomic mass is 15.0. The summed E-state index contributed by atoms with van der Waals surface area (Å²) in [6.45, 7) is 9.66. The van der Waals surface area contributed by atoms with Gasteiger partial charge < -0.3 is 4.57 Å². The van der Waals surface area contributed by atoms with E-state index in [1.807, 2.05) is 12.1 Å². The first-order chi connectivity index (χ1) is 29.7. The molecule has 10 aromatic rings. The predicted octanol–water partition coefficient (Wildman–Crippen LogP) is 14.8. The summed E-state index contributed by atoms with van der Waals surface area (Å²) >= 11 is 0. The second-order valence-electron chi connectivity index (χ2n) is 17.9. The summed E-state index contributed by atoms with van der Waals surface area (Å²) in [6, 6.07) is 65.0. The van der Waals surface area contributed by atoms with Crippen LogP contribution in [0.5, 0.6) is 0 Å². The van der Waals surface area contributed by atoms with Crippen LogP contribution in [-0.2, 0) is 10.8 Å². The Labute approximate surface area is 357 Å². The minimum absolute atomic E-state index is 0.0820. The summed E-state index contributed by atoms with van der Waals surface area (Å²) in [4.78, 5) is 15.8. The number of nitrogens with zero attached hydrogens (tertiary/aromatic N) is 4. The molecule has 0 saturated carbocycles. The maximum absolute atomic E-state index is 5.27. The molecular formula is C57H46N4. The van der Waals surface area contributed by atoms with E-state index in [1.165, 1.54) is 50.1 Å². The van der Waals surface area contributed by atoms with Crippen LogP contribution in [0, 0.1) is 0 Å². The lowest BCUT2D eigenvalue weighted by Crippen LogP contribution is -2.33. The molecule has 1 aliphatic carbocycles. The van der Waals surface area contributed by atoms with Crippen molar-refractivity contribution < 1.29 is 0 Å². The first-order valence-corrected chi connectivity index (χ1v) is 21.4. The van der Waals surface area contributed by atoms with Gasteiger partial charge in [-0.1, -0.05) is 173 Å². The predicted molar refractivity (Wildman–Crippen MR) is 254 cm³/mol. The van der Waals surface area contributed by atoms with Crippen molar-refractivity contribution in [1.29, 1.82) is 0 Å². The van der Waals surface area contributed by atoms with Crippen LogP contribution in [0.15, 0.2) is 182 Å². The van der Waals surface area contributed by atoms with Gasteiger partial charge in [-0.2, -0.15) is 0 Å². The van der Waals surface area contributed by atoms with Crippen LogP contribution in [0.2, 0.25) is 0 Å². The van der Waals surface area contributed by atoms with E-state index >= 15 is 0 Å². The standard InChI is InChI=1S/C57H46N4/c1-56(2)33-34-57(3,4)50-36-51-48(35-49(50)56)45-32-29-39-21-11-12-24-44(39)52(45)61(51)41-30-27-40(28-31-41)53-58-54(46-25-15-13-22-42(46)37-17-7-5-8-18-37)60-55(59-53)47-26-16-14-23-43(47)38-19-9-6-10-20-38/h5-32,35-36H,33-34H2,1-4H3. The zero-order chi connectivity index (χ0) is 41.3. The largest absolute Gasteiger partial charge is 0.309 e. The van der Waals surface area contributed by atoms with Crippen molar-refractivity contribution in [1.82, 2.24) is 19.5 Å². The molecule has 0 radical (unpaired) electrons. The van der Waals surface area contributed by atoms with Gasteiger partial charge in [0.25, 0.3) is 0 Å². The van der Waals surface area contributed by atoms with Gasteiger partial charge in [0.2, 0.25) is 0 Å². The number of fused-ring (bicyclic) bond motifs is 6. The fraction of sp³-hybridized carbons (Fsp3) is 0.140. The summed E-state index contributed by atoms with van der Waals surface area (Å²) in [7, 11) is 0. The summed E-state index contributed by atoms with van der Waals surface area (Å²) in [5.74, 6) is 1.90. The van der Waals surface area contributed by atoms with Crippen molar-refractivity contribution in [2.45, 2.75) is 51.4 Å². The molecule has 11 rings (SSSR count). The first kappa shape index (κ1) is 36.9. The van der Waals surface area contributed by atoms with Gasteiger partial charge >= 0.3 is 0 Å². The van der Waals surface area contributed by atoms with Crippen molar-refractivity contribution in [2.75, 3.05) is 0 Å². The molecule has 0 atom stereocenters. The third-order valence-corrected chi connectivity index (χ3v) is 13.1. The van der Waals surface area contributed by atoms with Crippen LogP contribution in [0.25, 0.3) is 94.7 Å². The van der Waals surface area contributed by atoms with Gasteiger partial charge in [-0.05, 0) is 98.8 Å².